The van der Waals surface area contributed by atoms with Crippen molar-refractivity contribution in [2.24, 2.45) is 5.73 Å². The predicted molar refractivity (Wildman–Crippen MR) is 158 cm³/mol. The number of nitrogens with two attached hydrogens (primary N) is 1. The van der Waals surface area contributed by atoms with Crippen molar-refractivity contribution < 1.29 is 29.0 Å². The molecule has 10 nitrogen and oxygen atoms in total. The fourth-order valence-corrected chi connectivity index (χ4v) is 5.01. The summed E-state index contributed by atoms with van der Waals surface area (Å²) < 4.78 is 11.0. The Labute approximate surface area is 244 Å². The summed E-state index contributed by atoms with van der Waals surface area (Å²) in [5.74, 6) is 1.78. The SMILES string of the molecule is C#CCOCc1cc(NC(=O)C(CCCNC(N)=O)NC(=O)OCC2c3ccccc3-c3ccccc32)ccc1CO. The number of fused-ring (bicyclic) bond motifs is 3. The van der Waals surface area contributed by atoms with E-state index in [1.165, 1.54) is 0 Å². The monoisotopic (exact) mass is 570 g/mol. The number of amides is 4. The molecule has 0 aliphatic heterocycles. The molecule has 218 valence electrons. The fourth-order valence-electron chi connectivity index (χ4n) is 5.01. The molecule has 0 radical (unpaired) electrons. The number of primary amides is 1. The van der Waals surface area contributed by atoms with Gasteiger partial charge in [-0.15, -0.1) is 6.42 Å². The van der Waals surface area contributed by atoms with E-state index in [0.717, 1.165) is 22.3 Å². The average molecular weight is 571 g/mol. The van der Waals surface area contributed by atoms with Gasteiger partial charge in [0.15, 0.2) is 0 Å². The Morgan fingerprint density at radius 3 is 2.33 bits per heavy atom. The van der Waals surface area contributed by atoms with E-state index >= 15 is 0 Å². The zero-order chi connectivity index (χ0) is 29.9. The molecule has 3 aromatic rings. The summed E-state index contributed by atoms with van der Waals surface area (Å²) in [6.07, 6.45) is 5.09. The molecular weight excluding hydrogens is 536 g/mol. The lowest BCUT2D eigenvalue weighted by atomic mass is 9.98. The number of carbonyl (C=O) groups excluding carboxylic acids is 3. The highest BCUT2D eigenvalue weighted by Gasteiger charge is 2.30. The topological polar surface area (TPSA) is 152 Å². The number of aliphatic hydroxyl groups excluding tert-OH is 1. The first-order valence-electron chi connectivity index (χ1n) is 13.6. The van der Waals surface area contributed by atoms with E-state index in [1.807, 2.05) is 36.4 Å². The van der Waals surface area contributed by atoms with E-state index in [9.17, 15) is 19.5 Å². The molecule has 1 atom stereocenters. The summed E-state index contributed by atoms with van der Waals surface area (Å²) in [6, 6.07) is 19.4. The highest BCUT2D eigenvalue weighted by molar-refractivity contribution is 5.96. The zero-order valence-electron chi connectivity index (χ0n) is 23.1. The van der Waals surface area contributed by atoms with Crippen LogP contribution in [0.25, 0.3) is 11.1 Å². The number of benzene rings is 3. The molecule has 3 aromatic carbocycles. The highest BCUT2D eigenvalue weighted by atomic mass is 16.5. The van der Waals surface area contributed by atoms with Gasteiger partial charge in [-0.3, -0.25) is 4.79 Å². The molecule has 0 saturated carbocycles. The number of ether oxygens (including phenoxy) is 2. The zero-order valence-corrected chi connectivity index (χ0v) is 23.1. The molecule has 0 spiro atoms. The Kier molecular flexibility index (Phi) is 10.5. The maximum Gasteiger partial charge on any atom is 0.407 e. The van der Waals surface area contributed by atoms with E-state index in [2.05, 4.69) is 34.0 Å². The van der Waals surface area contributed by atoms with E-state index in [0.29, 0.717) is 23.2 Å². The molecule has 1 unspecified atom stereocenters. The molecule has 4 amide bonds. The van der Waals surface area contributed by atoms with Gasteiger partial charge in [-0.25, -0.2) is 9.59 Å². The largest absolute Gasteiger partial charge is 0.449 e. The average Bonchev–Trinajstić information content (AvgIpc) is 3.31. The lowest BCUT2D eigenvalue weighted by Gasteiger charge is -2.20. The van der Waals surface area contributed by atoms with E-state index in [4.69, 9.17) is 21.6 Å². The smallest absolute Gasteiger partial charge is 0.407 e. The maximum atomic E-state index is 13.3. The normalized spacial score (nSPS) is 12.4. The van der Waals surface area contributed by atoms with Crippen LogP contribution < -0.4 is 21.7 Å². The third kappa shape index (κ3) is 7.66. The summed E-state index contributed by atoms with van der Waals surface area (Å²) in [5, 5.41) is 17.6. The summed E-state index contributed by atoms with van der Waals surface area (Å²) in [6.45, 7) is 0.382. The van der Waals surface area contributed by atoms with Crippen LogP contribution in [0.15, 0.2) is 66.7 Å². The molecule has 0 saturated heterocycles. The fraction of sp³-hybridized carbons (Fsp3) is 0.281. The van der Waals surface area contributed by atoms with Gasteiger partial charge in [0.05, 0.1) is 13.2 Å². The number of rotatable bonds is 13. The van der Waals surface area contributed by atoms with Gasteiger partial charge in [0, 0.05) is 18.2 Å². The Hall–Kier alpha value is -4.85. The Morgan fingerprint density at radius 2 is 1.69 bits per heavy atom. The van der Waals surface area contributed by atoms with Crippen LogP contribution in [0.5, 0.6) is 0 Å². The molecule has 0 bridgehead atoms. The number of hydrogen-bond donors (Lipinski definition) is 5. The Morgan fingerprint density at radius 1 is 1.00 bits per heavy atom. The highest BCUT2D eigenvalue weighted by Crippen LogP contribution is 2.44. The molecule has 1 aliphatic carbocycles. The first kappa shape index (κ1) is 30.1. The molecule has 6 N–H and O–H groups in total. The van der Waals surface area contributed by atoms with Crippen molar-refractivity contribution in [3.8, 4) is 23.5 Å². The van der Waals surface area contributed by atoms with Crippen LogP contribution in [0.2, 0.25) is 0 Å². The maximum absolute atomic E-state index is 13.3. The lowest BCUT2D eigenvalue weighted by molar-refractivity contribution is -0.118. The van der Waals surface area contributed by atoms with Gasteiger partial charge in [-0.05, 0) is 58.4 Å². The summed E-state index contributed by atoms with van der Waals surface area (Å²) in [7, 11) is 0. The molecule has 10 heteroatoms. The van der Waals surface area contributed by atoms with Crippen LogP contribution in [-0.2, 0) is 27.5 Å². The minimum absolute atomic E-state index is 0.0983. The Balaban J connectivity index is 1.43. The number of alkyl carbamates (subject to hydrolysis) is 1. The van der Waals surface area contributed by atoms with Gasteiger partial charge in [0.1, 0.15) is 19.3 Å². The minimum atomic E-state index is -0.964. The van der Waals surface area contributed by atoms with Gasteiger partial charge in [-0.2, -0.15) is 0 Å². The third-order valence-electron chi connectivity index (χ3n) is 7.01. The van der Waals surface area contributed by atoms with Crippen LogP contribution in [0.4, 0.5) is 15.3 Å². The lowest BCUT2D eigenvalue weighted by Crippen LogP contribution is -2.44. The summed E-state index contributed by atoms with van der Waals surface area (Å²) >= 11 is 0. The Bertz CT molecular complexity index is 1420. The standard InChI is InChI=1S/C32H34N4O6/c1-2-16-41-19-22-17-23(14-13-21(22)18-37)35-30(38)29(12-7-15-34-31(33)39)36-32(40)42-20-28-26-10-5-3-8-24(26)25-9-4-6-11-27(25)28/h1,3-6,8-11,13-14,17,28-29,37H,7,12,15-16,18-20H2,(H,35,38)(H,36,40)(H3,33,34,39). The van der Waals surface area contributed by atoms with Crippen LogP contribution in [0.3, 0.4) is 0 Å². The summed E-state index contributed by atoms with van der Waals surface area (Å²) in [5.41, 5.74) is 11.3. The van der Waals surface area contributed by atoms with Crippen molar-refractivity contribution in [3.63, 3.8) is 0 Å². The third-order valence-corrected chi connectivity index (χ3v) is 7.01. The second-order valence-corrected chi connectivity index (χ2v) is 9.78. The van der Waals surface area contributed by atoms with Crippen molar-refractivity contribution in [2.75, 3.05) is 25.1 Å². The number of terminal acetylenes is 1. The first-order chi connectivity index (χ1) is 20.4. The number of anilines is 1. The van der Waals surface area contributed by atoms with Crippen molar-refractivity contribution in [2.45, 2.75) is 38.0 Å². The number of carbonyl (C=O) groups is 3. The number of nitrogens with one attached hydrogen (secondary N) is 3. The van der Waals surface area contributed by atoms with Gasteiger partial charge >= 0.3 is 12.1 Å². The molecule has 0 fully saturated rings. The number of hydrogen-bond acceptors (Lipinski definition) is 6. The second kappa shape index (κ2) is 14.7. The van der Waals surface area contributed by atoms with Crippen molar-refractivity contribution in [3.05, 3.63) is 89.0 Å². The van der Waals surface area contributed by atoms with Crippen molar-refractivity contribution in [1.82, 2.24) is 10.6 Å². The first-order valence-corrected chi connectivity index (χ1v) is 13.6. The van der Waals surface area contributed by atoms with E-state index in [1.54, 1.807) is 18.2 Å². The van der Waals surface area contributed by atoms with Gasteiger partial charge < -0.3 is 36.3 Å². The van der Waals surface area contributed by atoms with Gasteiger partial charge in [-0.1, -0.05) is 60.5 Å². The molecular formula is C32H34N4O6. The van der Waals surface area contributed by atoms with Crippen molar-refractivity contribution >= 4 is 23.7 Å². The molecule has 1 aliphatic rings. The number of aliphatic hydroxyl groups is 1. The van der Waals surface area contributed by atoms with Crippen LogP contribution in [0, 0.1) is 12.3 Å². The molecule has 42 heavy (non-hydrogen) atoms. The van der Waals surface area contributed by atoms with Gasteiger partial charge in [0.25, 0.3) is 0 Å². The van der Waals surface area contributed by atoms with Gasteiger partial charge in [0.2, 0.25) is 5.91 Å². The quantitative estimate of drug-likeness (QED) is 0.156. The van der Waals surface area contributed by atoms with E-state index in [-0.39, 0.29) is 45.3 Å². The van der Waals surface area contributed by atoms with Crippen LogP contribution in [0.1, 0.15) is 41.0 Å². The van der Waals surface area contributed by atoms with E-state index < -0.39 is 24.1 Å². The predicted octanol–water partition coefficient (Wildman–Crippen LogP) is 3.62. The van der Waals surface area contributed by atoms with Crippen LogP contribution in [-0.4, -0.2) is 48.9 Å². The molecule has 0 heterocycles. The number of urea groups is 1. The van der Waals surface area contributed by atoms with Crippen LogP contribution >= 0.6 is 0 Å². The summed E-state index contributed by atoms with van der Waals surface area (Å²) in [4.78, 5) is 37.3. The second-order valence-electron chi connectivity index (χ2n) is 9.78. The minimum Gasteiger partial charge on any atom is -0.449 e. The molecule has 4 rings (SSSR count). The van der Waals surface area contributed by atoms with Crippen molar-refractivity contribution in [1.29, 1.82) is 0 Å². The molecule has 0 aromatic heterocycles.